The number of pyridine rings is 1. The summed E-state index contributed by atoms with van der Waals surface area (Å²) in [6.45, 7) is 0. The fourth-order valence-corrected chi connectivity index (χ4v) is 2.19. The summed E-state index contributed by atoms with van der Waals surface area (Å²) in [5, 5.41) is 10.7. The van der Waals surface area contributed by atoms with Crippen molar-refractivity contribution in [1.29, 1.82) is 0 Å². The second kappa shape index (κ2) is 4.08. The Bertz CT molecular complexity index is 350. The first-order valence-corrected chi connectivity index (χ1v) is 5.34. The van der Waals surface area contributed by atoms with Crippen LogP contribution in [-0.2, 0) is 11.2 Å². The third-order valence-corrected chi connectivity index (χ3v) is 3.26. The molecule has 1 fully saturated rings. The van der Waals surface area contributed by atoms with Gasteiger partial charge in [-0.1, -0.05) is 11.6 Å². The molecule has 1 aliphatic carbocycles. The zero-order valence-electron chi connectivity index (χ0n) is 8.61. The minimum atomic E-state index is -0.647. The van der Waals surface area contributed by atoms with Crippen LogP contribution in [-0.4, -0.2) is 28.9 Å². The molecular weight excluding hydrogens is 214 g/mol. The Kier molecular flexibility index (Phi) is 2.96. The van der Waals surface area contributed by atoms with E-state index in [9.17, 15) is 5.11 Å². The molecular formula is C11H14ClNO2. The molecule has 0 atom stereocenters. The Hall–Kier alpha value is -0.640. The van der Waals surface area contributed by atoms with Crippen LogP contribution < -0.4 is 0 Å². The van der Waals surface area contributed by atoms with E-state index in [0.717, 1.165) is 5.56 Å². The van der Waals surface area contributed by atoms with Crippen LogP contribution in [0.4, 0.5) is 0 Å². The maximum Gasteiger partial charge on any atom is 0.0737 e. The van der Waals surface area contributed by atoms with Gasteiger partial charge in [0.2, 0.25) is 0 Å². The number of nitrogens with zero attached hydrogens (tertiary/aromatic N) is 1. The summed E-state index contributed by atoms with van der Waals surface area (Å²) in [4.78, 5) is 3.91. The van der Waals surface area contributed by atoms with Crippen LogP contribution in [0.25, 0.3) is 0 Å². The number of aromatic nitrogens is 1. The minimum absolute atomic E-state index is 0.190. The van der Waals surface area contributed by atoms with Crippen molar-refractivity contribution in [1.82, 2.24) is 4.98 Å². The average molecular weight is 228 g/mol. The van der Waals surface area contributed by atoms with E-state index in [0.29, 0.717) is 24.3 Å². The molecule has 0 bridgehead atoms. The highest BCUT2D eigenvalue weighted by Gasteiger charge is 2.43. The van der Waals surface area contributed by atoms with E-state index in [1.807, 2.05) is 6.07 Å². The normalized spacial score (nSPS) is 29.9. The summed E-state index contributed by atoms with van der Waals surface area (Å²) in [7, 11) is 1.67. The Morgan fingerprint density at radius 1 is 1.67 bits per heavy atom. The molecule has 3 nitrogen and oxygen atoms in total. The summed E-state index contributed by atoms with van der Waals surface area (Å²) >= 11 is 5.98. The lowest BCUT2D eigenvalue weighted by Gasteiger charge is -2.43. The number of halogens is 1. The van der Waals surface area contributed by atoms with E-state index in [-0.39, 0.29) is 6.10 Å². The van der Waals surface area contributed by atoms with Gasteiger partial charge >= 0.3 is 0 Å². The molecule has 15 heavy (non-hydrogen) atoms. The van der Waals surface area contributed by atoms with Crippen LogP contribution in [0.3, 0.4) is 0 Å². The first kappa shape index (κ1) is 10.9. The third kappa shape index (κ3) is 2.30. The van der Waals surface area contributed by atoms with Crippen LogP contribution in [0.15, 0.2) is 18.5 Å². The predicted molar refractivity (Wildman–Crippen MR) is 57.9 cm³/mol. The lowest BCUT2D eigenvalue weighted by atomic mass is 9.74. The van der Waals surface area contributed by atoms with Crippen molar-refractivity contribution in [3.8, 4) is 0 Å². The van der Waals surface area contributed by atoms with Crippen LogP contribution in [0.5, 0.6) is 0 Å². The molecule has 1 aliphatic rings. The Balaban J connectivity index is 2.01. The highest BCUT2D eigenvalue weighted by molar-refractivity contribution is 6.31. The number of ether oxygens (including phenoxy) is 1. The summed E-state index contributed by atoms with van der Waals surface area (Å²) < 4.78 is 5.14. The van der Waals surface area contributed by atoms with Gasteiger partial charge in [-0.3, -0.25) is 4.98 Å². The Morgan fingerprint density at radius 2 is 2.40 bits per heavy atom. The molecule has 0 radical (unpaired) electrons. The largest absolute Gasteiger partial charge is 0.389 e. The van der Waals surface area contributed by atoms with Crippen LogP contribution in [0.1, 0.15) is 18.4 Å². The van der Waals surface area contributed by atoms with Crippen molar-refractivity contribution in [2.45, 2.75) is 31.0 Å². The lowest BCUT2D eigenvalue weighted by Crippen LogP contribution is -2.49. The maximum atomic E-state index is 10.1. The van der Waals surface area contributed by atoms with Gasteiger partial charge in [0.05, 0.1) is 16.7 Å². The average Bonchev–Trinajstić information content (AvgIpc) is 2.17. The fourth-order valence-electron chi connectivity index (χ4n) is 2.00. The van der Waals surface area contributed by atoms with Gasteiger partial charge in [0, 0.05) is 38.8 Å². The predicted octanol–water partition coefficient (Wildman–Crippen LogP) is 1.82. The zero-order chi connectivity index (χ0) is 10.9. The van der Waals surface area contributed by atoms with Gasteiger partial charge in [-0.2, -0.15) is 0 Å². The molecule has 0 saturated heterocycles. The maximum absolute atomic E-state index is 10.1. The minimum Gasteiger partial charge on any atom is -0.389 e. The van der Waals surface area contributed by atoms with Crippen molar-refractivity contribution in [3.63, 3.8) is 0 Å². The van der Waals surface area contributed by atoms with Crippen LogP contribution in [0.2, 0.25) is 5.02 Å². The molecule has 0 unspecified atom stereocenters. The smallest absolute Gasteiger partial charge is 0.0737 e. The summed E-state index contributed by atoms with van der Waals surface area (Å²) in [6, 6.07) is 1.85. The van der Waals surface area contributed by atoms with E-state index in [2.05, 4.69) is 4.98 Å². The van der Waals surface area contributed by atoms with Gasteiger partial charge in [-0.25, -0.2) is 0 Å². The van der Waals surface area contributed by atoms with Crippen molar-refractivity contribution in [2.75, 3.05) is 7.11 Å². The number of hydrogen-bond acceptors (Lipinski definition) is 3. The highest BCUT2D eigenvalue weighted by atomic mass is 35.5. The highest BCUT2D eigenvalue weighted by Crippen LogP contribution is 2.37. The number of hydrogen-bond donors (Lipinski definition) is 1. The van der Waals surface area contributed by atoms with Gasteiger partial charge < -0.3 is 9.84 Å². The van der Waals surface area contributed by atoms with E-state index < -0.39 is 5.60 Å². The van der Waals surface area contributed by atoms with Crippen molar-refractivity contribution in [2.24, 2.45) is 0 Å². The van der Waals surface area contributed by atoms with Gasteiger partial charge in [-0.15, -0.1) is 0 Å². The molecule has 0 aromatic carbocycles. The standard InChI is InChI=1S/C11H14ClNO2/c1-15-9-5-11(14,6-9)4-8-2-3-13-7-10(8)12/h2-3,7,9,14H,4-6H2,1H3. The quantitative estimate of drug-likeness (QED) is 0.857. The molecule has 0 aliphatic heterocycles. The molecule has 82 valence electrons. The fraction of sp³-hybridized carbons (Fsp3) is 0.545. The van der Waals surface area contributed by atoms with E-state index in [1.165, 1.54) is 0 Å². The molecule has 0 amide bonds. The molecule has 1 heterocycles. The third-order valence-electron chi connectivity index (χ3n) is 2.92. The summed E-state index contributed by atoms with van der Waals surface area (Å²) in [6.07, 6.45) is 5.43. The molecule has 2 rings (SSSR count). The van der Waals surface area contributed by atoms with Gasteiger partial charge in [-0.05, 0) is 11.6 Å². The van der Waals surface area contributed by atoms with Crippen LogP contribution in [0, 0.1) is 0 Å². The van der Waals surface area contributed by atoms with E-state index >= 15 is 0 Å². The molecule has 1 aromatic heterocycles. The van der Waals surface area contributed by atoms with E-state index in [4.69, 9.17) is 16.3 Å². The first-order valence-electron chi connectivity index (χ1n) is 4.96. The van der Waals surface area contributed by atoms with Crippen molar-refractivity contribution >= 4 is 11.6 Å². The molecule has 4 heteroatoms. The molecule has 1 aromatic rings. The zero-order valence-corrected chi connectivity index (χ0v) is 9.37. The SMILES string of the molecule is COC1CC(O)(Cc2ccncc2Cl)C1. The van der Waals surface area contributed by atoms with Crippen LogP contribution >= 0.6 is 11.6 Å². The molecule has 1 saturated carbocycles. The van der Waals surface area contributed by atoms with Crippen molar-refractivity contribution in [3.05, 3.63) is 29.0 Å². The molecule has 0 spiro atoms. The van der Waals surface area contributed by atoms with Gasteiger partial charge in [0.15, 0.2) is 0 Å². The monoisotopic (exact) mass is 227 g/mol. The summed E-state index contributed by atoms with van der Waals surface area (Å²) in [5.41, 5.74) is 0.301. The Morgan fingerprint density at radius 3 is 3.00 bits per heavy atom. The van der Waals surface area contributed by atoms with Gasteiger partial charge in [0.1, 0.15) is 0 Å². The van der Waals surface area contributed by atoms with E-state index in [1.54, 1.807) is 19.5 Å². The number of methoxy groups -OCH3 is 1. The first-order chi connectivity index (χ1) is 7.13. The van der Waals surface area contributed by atoms with Crippen molar-refractivity contribution < 1.29 is 9.84 Å². The topological polar surface area (TPSA) is 42.4 Å². The number of aliphatic hydroxyl groups is 1. The lowest BCUT2D eigenvalue weighted by molar-refractivity contribution is -0.126. The Labute approximate surface area is 94.0 Å². The molecule has 1 N–H and O–H groups in total. The van der Waals surface area contributed by atoms with Gasteiger partial charge in [0.25, 0.3) is 0 Å². The second-order valence-electron chi connectivity index (χ2n) is 4.13. The summed E-state index contributed by atoms with van der Waals surface area (Å²) in [5.74, 6) is 0. The number of rotatable bonds is 3. The second-order valence-corrected chi connectivity index (χ2v) is 4.54.